The van der Waals surface area contributed by atoms with Crippen LogP contribution < -0.4 is 10.6 Å². The lowest BCUT2D eigenvalue weighted by atomic mass is 9.66. The van der Waals surface area contributed by atoms with E-state index >= 15 is 0 Å². The monoisotopic (exact) mass is 279 g/mol. The van der Waals surface area contributed by atoms with Gasteiger partial charge in [-0.1, -0.05) is 6.42 Å². The van der Waals surface area contributed by atoms with Gasteiger partial charge in [0.1, 0.15) is 11.5 Å². The van der Waals surface area contributed by atoms with Gasteiger partial charge in [0.25, 0.3) is 0 Å². The molecule has 108 valence electrons. The quantitative estimate of drug-likeness (QED) is 0.705. The van der Waals surface area contributed by atoms with Gasteiger partial charge in [-0.2, -0.15) is 0 Å². The van der Waals surface area contributed by atoms with E-state index in [0.717, 1.165) is 24.2 Å². The van der Waals surface area contributed by atoms with E-state index in [-0.39, 0.29) is 11.9 Å². The van der Waals surface area contributed by atoms with Crippen molar-refractivity contribution in [1.82, 2.24) is 15.5 Å². The van der Waals surface area contributed by atoms with Crippen molar-refractivity contribution in [1.29, 1.82) is 0 Å². The van der Waals surface area contributed by atoms with Crippen LogP contribution in [0.25, 0.3) is 0 Å². The Bertz CT molecular complexity index is 508. The molecule has 0 radical (unpaired) electrons. The van der Waals surface area contributed by atoms with Crippen molar-refractivity contribution in [3.8, 4) is 0 Å². The highest BCUT2D eigenvalue weighted by molar-refractivity contribution is 6.20. The van der Waals surface area contributed by atoms with Gasteiger partial charge >= 0.3 is 6.03 Å². The topological polar surface area (TPSA) is 95.6 Å². The third-order valence-corrected chi connectivity index (χ3v) is 4.40. The van der Waals surface area contributed by atoms with E-state index in [4.69, 9.17) is 0 Å². The summed E-state index contributed by atoms with van der Waals surface area (Å²) in [4.78, 5) is 49.1. The molecule has 0 bridgehead atoms. The minimum Gasteiger partial charge on any atom is -0.352 e. The Morgan fingerprint density at radius 2 is 2.00 bits per heavy atom. The summed E-state index contributed by atoms with van der Waals surface area (Å²) in [5.74, 6) is -1.40. The van der Waals surface area contributed by atoms with Crippen molar-refractivity contribution in [3.63, 3.8) is 0 Å². The van der Waals surface area contributed by atoms with Gasteiger partial charge in [0, 0.05) is 6.04 Å². The molecule has 1 aliphatic heterocycles. The van der Waals surface area contributed by atoms with E-state index in [1.54, 1.807) is 0 Å². The van der Waals surface area contributed by atoms with Crippen LogP contribution in [0.1, 0.15) is 39.0 Å². The van der Waals surface area contributed by atoms with E-state index in [9.17, 15) is 19.2 Å². The maximum Gasteiger partial charge on any atom is 0.331 e. The summed E-state index contributed by atoms with van der Waals surface area (Å²) in [6.07, 6.45) is 3.53. The number of barbiturate groups is 1. The number of imide groups is 2. The molecule has 0 aromatic carbocycles. The number of urea groups is 1. The molecule has 1 unspecified atom stereocenters. The molecule has 0 aromatic rings. The van der Waals surface area contributed by atoms with Crippen LogP contribution in [0, 0.1) is 5.41 Å². The minimum atomic E-state index is -1.12. The zero-order valence-electron chi connectivity index (χ0n) is 11.3. The second kappa shape index (κ2) is 4.29. The van der Waals surface area contributed by atoms with Crippen LogP contribution in [0.2, 0.25) is 0 Å². The molecule has 3 aliphatic rings. The van der Waals surface area contributed by atoms with Gasteiger partial charge in [0.15, 0.2) is 0 Å². The summed E-state index contributed by atoms with van der Waals surface area (Å²) in [6.45, 7) is 1.51. The first-order chi connectivity index (χ1) is 9.45. The average Bonchev–Trinajstić information content (AvgIpc) is 3.10. The lowest BCUT2D eigenvalue weighted by Crippen LogP contribution is -2.69. The molecule has 1 heterocycles. The van der Waals surface area contributed by atoms with Crippen molar-refractivity contribution >= 4 is 23.8 Å². The number of rotatable bonds is 3. The van der Waals surface area contributed by atoms with Crippen LogP contribution in [-0.2, 0) is 14.4 Å². The lowest BCUT2D eigenvalue weighted by molar-refractivity contribution is -0.160. The van der Waals surface area contributed by atoms with Gasteiger partial charge in [-0.15, -0.1) is 0 Å². The van der Waals surface area contributed by atoms with Gasteiger partial charge in [-0.3, -0.25) is 24.6 Å². The molecular formula is C13H17N3O4. The highest BCUT2D eigenvalue weighted by atomic mass is 16.2. The summed E-state index contributed by atoms with van der Waals surface area (Å²) in [6, 6.07) is -1.53. The second-order valence-electron chi connectivity index (χ2n) is 5.83. The number of nitrogens with one attached hydrogen (secondary N) is 2. The van der Waals surface area contributed by atoms with Crippen molar-refractivity contribution in [2.45, 2.75) is 51.1 Å². The Hall–Kier alpha value is -1.92. The fourth-order valence-corrected chi connectivity index (χ4v) is 2.69. The molecule has 7 heteroatoms. The number of carbonyl (C=O) groups excluding carboxylic acids is 4. The lowest BCUT2D eigenvalue weighted by Gasteiger charge is -2.45. The predicted octanol–water partition coefficient (Wildman–Crippen LogP) is -0.0978. The van der Waals surface area contributed by atoms with Crippen LogP contribution in [0.4, 0.5) is 4.79 Å². The Kier molecular flexibility index (Phi) is 2.81. The zero-order chi connectivity index (χ0) is 14.5. The first-order valence-corrected chi connectivity index (χ1v) is 6.95. The Labute approximate surface area is 116 Å². The molecule has 0 aromatic heterocycles. The highest BCUT2D eigenvalue weighted by Crippen LogP contribution is 2.44. The summed E-state index contributed by atoms with van der Waals surface area (Å²) in [7, 11) is 0. The Morgan fingerprint density at radius 1 is 1.35 bits per heavy atom. The standard InChI is InChI=1S/C13H17N3O4/c1-7(9(17)14-8-3-4-8)16-11(19)13(5-2-6-13)10(18)15-12(16)20/h7-8H,2-6H2,1H3,(H,14,17)(H,15,18,20). The van der Waals surface area contributed by atoms with E-state index in [1.165, 1.54) is 6.92 Å². The fraction of sp³-hybridized carbons (Fsp3) is 0.692. The maximum atomic E-state index is 12.5. The number of amides is 5. The Morgan fingerprint density at radius 3 is 2.50 bits per heavy atom. The van der Waals surface area contributed by atoms with E-state index in [2.05, 4.69) is 10.6 Å². The van der Waals surface area contributed by atoms with Crippen molar-refractivity contribution in [2.24, 2.45) is 5.41 Å². The van der Waals surface area contributed by atoms with Gasteiger partial charge in [-0.25, -0.2) is 4.79 Å². The maximum absolute atomic E-state index is 12.5. The van der Waals surface area contributed by atoms with Crippen LogP contribution in [-0.4, -0.2) is 40.7 Å². The number of hydrogen-bond donors (Lipinski definition) is 2. The Balaban J connectivity index is 1.79. The van der Waals surface area contributed by atoms with Crippen LogP contribution in [0.15, 0.2) is 0 Å². The third kappa shape index (κ3) is 1.80. The summed E-state index contributed by atoms with van der Waals surface area (Å²) < 4.78 is 0. The van der Waals surface area contributed by atoms with Gasteiger partial charge in [0.2, 0.25) is 17.7 Å². The number of carbonyl (C=O) groups is 4. The van der Waals surface area contributed by atoms with E-state index in [1.807, 2.05) is 0 Å². The van der Waals surface area contributed by atoms with Crippen molar-refractivity contribution in [2.75, 3.05) is 0 Å². The smallest absolute Gasteiger partial charge is 0.331 e. The molecule has 3 rings (SSSR count). The normalized spacial score (nSPS) is 26.1. The fourth-order valence-electron chi connectivity index (χ4n) is 2.69. The molecule has 1 saturated heterocycles. The molecule has 7 nitrogen and oxygen atoms in total. The van der Waals surface area contributed by atoms with Crippen molar-refractivity contribution < 1.29 is 19.2 Å². The molecule has 2 aliphatic carbocycles. The largest absolute Gasteiger partial charge is 0.352 e. The average molecular weight is 279 g/mol. The number of nitrogens with zero attached hydrogens (tertiary/aromatic N) is 1. The van der Waals surface area contributed by atoms with Crippen LogP contribution >= 0.6 is 0 Å². The van der Waals surface area contributed by atoms with E-state index in [0.29, 0.717) is 12.8 Å². The summed E-state index contributed by atoms with van der Waals surface area (Å²) >= 11 is 0. The molecule has 3 fully saturated rings. The molecule has 1 spiro atoms. The molecule has 2 saturated carbocycles. The van der Waals surface area contributed by atoms with Crippen LogP contribution in [0.5, 0.6) is 0 Å². The summed E-state index contributed by atoms with van der Waals surface area (Å²) in [5.41, 5.74) is -1.12. The first-order valence-electron chi connectivity index (χ1n) is 6.95. The van der Waals surface area contributed by atoms with Gasteiger partial charge in [-0.05, 0) is 32.6 Å². The summed E-state index contributed by atoms with van der Waals surface area (Å²) in [5, 5.41) is 4.97. The molecular weight excluding hydrogens is 262 g/mol. The molecule has 5 amide bonds. The zero-order valence-corrected chi connectivity index (χ0v) is 11.3. The first kappa shape index (κ1) is 13.1. The van der Waals surface area contributed by atoms with Crippen LogP contribution in [0.3, 0.4) is 0 Å². The molecule has 20 heavy (non-hydrogen) atoms. The molecule has 2 N–H and O–H groups in total. The third-order valence-electron chi connectivity index (χ3n) is 4.40. The van der Waals surface area contributed by atoms with Gasteiger partial charge < -0.3 is 5.32 Å². The predicted molar refractivity (Wildman–Crippen MR) is 67.3 cm³/mol. The van der Waals surface area contributed by atoms with E-state index < -0.39 is 29.3 Å². The van der Waals surface area contributed by atoms with Crippen molar-refractivity contribution in [3.05, 3.63) is 0 Å². The molecule has 1 atom stereocenters. The van der Waals surface area contributed by atoms with Gasteiger partial charge in [0.05, 0.1) is 0 Å². The number of hydrogen-bond acceptors (Lipinski definition) is 4. The SMILES string of the molecule is CC(C(=O)NC1CC1)N1C(=O)NC(=O)C2(CCC2)C1=O. The second-order valence-corrected chi connectivity index (χ2v) is 5.83. The minimum absolute atomic E-state index is 0.159. The highest BCUT2D eigenvalue weighted by Gasteiger charge is 2.58.